The number of allylic oxidation sites excluding steroid dienone is 2. The highest BCUT2D eigenvalue weighted by atomic mass is 32.2. The molecule has 162 valence electrons. The van der Waals surface area contributed by atoms with Gasteiger partial charge in [0.05, 0.1) is 12.4 Å². The Morgan fingerprint density at radius 3 is 1.67 bits per heavy atom. The van der Waals surface area contributed by atoms with Crippen molar-refractivity contribution in [1.82, 2.24) is 0 Å². The Morgan fingerprint density at radius 2 is 1.30 bits per heavy atom. The summed E-state index contributed by atoms with van der Waals surface area (Å²) >= 11 is 0. The minimum atomic E-state index is -3.92. The van der Waals surface area contributed by atoms with Crippen LogP contribution in [0.15, 0.2) is 12.2 Å². The highest BCUT2D eigenvalue weighted by Crippen LogP contribution is 2.09. The third kappa shape index (κ3) is 33.1. The van der Waals surface area contributed by atoms with Crippen LogP contribution in [0.1, 0.15) is 96.8 Å². The van der Waals surface area contributed by atoms with Gasteiger partial charge in [0, 0.05) is 6.42 Å². The van der Waals surface area contributed by atoms with Gasteiger partial charge in [-0.15, -0.1) is 0 Å². The quantitative estimate of drug-likeness (QED) is 0.188. The van der Waals surface area contributed by atoms with Crippen LogP contribution >= 0.6 is 0 Å². The second-order valence-corrected chi connectivity index (χ2v) is 8.38. The average Bonchev–Trinajstić information content (AvgIpc) is 2.57. The Kier molecular flexibility index (Phi) is 22.4. The first kappa shape index (κ1) is 28.3. The zero-order chi connectivity index (χ0) is 20.8. The maximum atomic E-state index is 10.5. The molecule has 0 aromatic heterocycles. The second kappa shape index (κ2) is 21.4. The maximum Gasteiger partial charge on any atom is 0.267 e. The molecule has 0 saturated heterocycles. The Morgan fingerprint density at radius 1 is 0.852 bits per heavy atom. The number of aliphatic hydroxyl groups excluding tert-OH is 1. The lowest BCUT2D eigenvalue weighted by Crippen LogP contribution is -2.09. The van der Waals surface area contributed by atoms with Gasteiger partial charge in [0.1, 0.15) is 0 Å². The highest BCUT2D eigenvalue weighted by Gasteiger charge is 1.99. The van der Waals surface area contributed by atoms with Gasteiger partial charge in [0.15, 0.2) is 0 Å². The van der Waals surface area contributed by atoms with E-state index in [9.17, 15) is 13.2 Å². The molecule has 0 fully saturated rings. The van der Waals surface area contributed by atoms with Crippen LogP contribution in [-0.4, -0.2) is 36.3 Å². The monoisotopic (exact) mass is 407 g/mol. The second-order valence-electron chi connectivity index (χ2n) is 6.81. The first-order chi connectivity index (χ1) is 12.8. The third-order valence-electron chi connectivity index (χ3n) is 4.03. The fourth-order valence-corrected chi connectivity index (χ4v) is 2.72. The van der Waals surface area contributed by atoms with E-state index in [1.807, 2.05) is 0 Å². The molecule has 0 aliphatic rings. The third-order valence-corrected chi connectivity index (χ3v) is 4.73. The predicted molar refractivity (Wildman–Crippen MR) is 112 cm³/mol. The summed E-state index contributed by atoms with van der Waals surface area (Å²) in [6.07, 6.45) is 21.9. The first-order valence-electron chi connectivity index (χ1n) is 10.3. The average molecular weight is 408 g/mol. The molecule has 0 radical (unpaired) electrons. The van der Waals surface area contributed by atoms with Crippen LogP contribution in [0.2, 0.25) is 0 Å². The summed E-state index contributed by atoms with van der Waals surface area (Å²) in [4.78, 5) is 10.5. The van der Waals surface area contributed by atoms with Gasteiger partial charge in [-0.1, -0.05) is 70.4 Å². The number of primary amides is 1. The summed E-state index contributed by atoms with van der Waals surface area (Å²) < 4.78 is 27.1. The Bertz CT molecular complexity index is 449. The number of amides is 1. The van der Waals surface area contributed by atoms with Crippen molar-refractivity contribution >= 4 is 16.0 Å². The number of unbranched alkanes of at least 4 members (excludes halogenated alkanes) is 11. The number of carbonyl (C=O) groups is 1. The molecule has 7 heteroatoms. The van der Waals surface area contributed by atoms with Crippen molar-refractivity contribution in [2.75, 3.05) is 12.4 Å². The number of hydrogen-bond donors (Lipinski definition) is 3. The molecule has 4 N–H and O–H groups in total. The van der Waals surface area contributed by atoms with Gasteiger partial charge >= 0.3 is 0 Å². The van der Waals surface area contributed by atoms with E-state index in [1.165, 1.54) is 70.6 Å². The maximum absolute atomic E-state index is 10.5. The summed E-state index contributed by atoms with van der Waals surface area (Å²) in [5.41, 5.74) is 5.10. The van der Waals surface area contributed by atoms with Crippen LogP contribution < -0.4 is 5.73 Å². The Hall–Kier alpha value is -0.920. The SMILES string of the molecule is CCCCCCCC/C=C\CCCCCCCC(N)=O.O=S(=O)(O)CCO. The van der Waals surface area contributed by atoms with Crippen molar-refractivity contribution < 1.29 is 22.9 Å². The normalized spacial score (nSPS) is 11.4. The molecule has 0 spiro atoms. The molecule has 0 rings (SSSR count). The number of carbonyl (C=O) groups excluding carboxylic acids is 1. The molecule has 6 nitrogen and oxygen atoms in total. The number of hydrogen-bond acceptors (Lipinski definition) is 4. The number of nitrogens with two attached hydrogens (primary N) is 1. The zero-order valence-electron chi connectivity index (χ0n) is 17.1. The summed E-state index contributed by atoms with van der Waals surface area (Å²) in [6.45, 7) is 1.74. The van der Waals surface area contributed by atoms with Gasteiger partial charge < -0.3 is 10.8 Å². The summed E-state index contributed by atoms with van der Waals surface area (Å²) in [5.74, 6) is -0.741. The lowest BCUT2D eigenvalue weighted by molar-refractivity contribution is -0.118. The van der Waals surface area contributed by atoms with E-state index >= 15 is 0 Å². The van der Waals surface area contributed by atoms with Crippen LogP contribution in [0.25, 0.3) is 0 Å². The van der Waals surface area contributed by atoms with E-state index in [0.717, 1.165) is 12.8 Å². The molecular formula is C20H41NO5S. The predicted octanol–water partition coefficient (Wildman–Crippen LogP) is 4.38. The molecule has 0 aromatic rings. The van der Waals surface area contributed by atoms with Gasteiger partial charge in [-0.2, -0.15) is 8.42 Å². The molecule has 0 aromatic carbocycles. The van der Waals surface area contributed by atoms with E-state index < -0.39 is 22.5 Å². The molecule has 0 heterocycles. The minimum Gasteiger partial charge on any atom is -0.395 e. The molecule has 0 aliphatic heterocycles. The molecular weight excluding hydrogens is 366 g/mol. The van der Waals surface area contributed by atoms with Crippen molar-refractivity contribution in [1.29, 1.82) is 0 Å². The van der Waals surface area contributed by atoms with Gasteiger partial charge in [-0.05, 0) is 32.1 Å². The van der Waals surface area contributed by atoms with Gasteiger partial charge in [0.25, 0.3) is 10.1 Å². The zero-order valence-corrected chi connectivity index (χ0v) is 17.9. The van der Waals surface area contributed by atoms with Crippen LogP contribution in [0.3, 0.4) is 0 Å². The molecule has 1 amide bonds. The smallest absolute Gasteiger partial charge is 0.267 e. The van der Waals surface area contributed by atoms with E-state index in [0.29, 0.717) is 6.42 Å². The molecule has 27 heavy (non-hydrogen) atoms. The highest BCUT2D eigenvalue weighted by molar-refractivity contribution is 7.85. The lowest BCUT2D eigenvalue weighted by Gasteiger charge is -1.99. The van der Waals surface area contributed by atoms with E-state index in [4.69, 9.17) is 15.4 Å². The van der Waals surface area contributed by atoms with Crippen molar-refractivity contribution in [3.05, 3.63) is 12.2 Å². The van der Waals surface area contributed by atoms with Crippen molar-refractivity contribution in [3.63, 3.8) is 0 Å². The topological polar surface area (TPSA) is 118 Å². The van der Waals surface area contributed by atoms with E-state index in [-0.39, 0.29) is 5.91 Å². The van der Waals surface area contributed by atoms with Crippen LogP contribution in [-0.2, 0) is 14.9 Å². The van der Waals surface area contributed by atoms with Gasteiger partial charge in [-0.3, -0.25) is 9.35 Å². The number of aliphatic hydroxyl groups is 1. The molecule has 0 atom stereocenters. The van der Waals surface area contributed by atoms with Crippen molar-refractivity contribution in [2.45, 2.75) is 96.8 Å². The molecule has 0 bridgehead atoms. The van der Waals surface area contributed by atoms with Gasteiger partial charge in [0.2, 0.25) is 5.91 Å². The molecule has 0 aliphatic carbocycles. The van der Waals surface area contributed by atoms with Gasteiger partial charge in [-0.25, -0.2) is 0 Å². The summed E-state index contributed by atoms with van der Waals surface area (Å²) in [7, 11) is -3.92. The standard InChI is InChI=1S/C18H35NO.C2H6O4S/c1-2-3-4-5-6-7-8-9-10-11-12-13-14-15-16-17-18(19)20;3-1-2-7(4,5)6/h9-10H,2-8,11-17H2,1H3,(H2,19,20);3H,1-2H2,(H,4,5,6)/b10-9-;. The lowest BCUT2D eigenvalue weighted by atomic mass is 10.1. The van der Waals surface area contributed by atoms with Crippen LogP contribution in [0, 0.1) is 0 Å². The Labute approximate surface area is 166 Å². The summed E-state index contributed by atoms with van der Waals surface area (Å²) in [6, 6.07) is 0. The summed E-state index contributed by atoms with van der Waals surface area (Å²) in [5, 5.41) is 7.86. The van der Waals surface area contributed by atoms with Crippen molar-refractivity contribution in [2.24, 2.45) is 5.73 Å². The number of rotatable bonds is 17. The van der Waals surface area contributed by atoms with Crippen molar-refractivity contribution in [3.8, 4) is 0 Å². The van der Waals surface area contributed by atoms with E-state index in [1.54, 1.807) is 0 Å². The first-order valence-corrected chi connectivity index (χ1v) is 11.9. The molecule has 0 unspecified atom stereocenters. The fraction of sp³-hybridized carbons (Fsp3) is 0.850. The Balaban J connectivity index is 0. The van der Waals surface area contributed by atoms with E-state index in [2.05, 4.69) is 19.1 Å². The minimum absolute atomic E-state index is 0.164. The van der Waals surface area contributed by atoms with Crippen LogP contribution in [0.5, 0.6) is 0 Å². The largest absolute Gasteiger partial charge is 0.395 e. The molecule has 0 saturated carbocycles. The van der Waals surface area contributed by atoms with Crippen LogP contribution in [0.4, 0.5) is 0 Å². The fourth-order valence-electron chi connectivity index (χ4n) is 2.49.